The number of aromatic nitrogens is 4. The number of carbonyl (C=O) groups is 1. The number of carbonyl (C=O) groups excluding carboxylic acids is 1. The third-order valence-electron chi connectivity index (χ3n) is 4.66. The predicted octanol–water partition coefficient (Wildman–Crippen LogP) is 4.86. The number of hydrogen-bond donors (Lipinski definition) is 1. The van der Waals surface area contributed by atoms with Crippen LogP contribution in [0.3, 0.4) is 0 Å². The zero-order chi connectivity index (χ0) is 21.0. The van der Waals surface area contributed by atoms with E-state index in [1.54, 1.807) is 36.4 Å². The Balaban J connectivity index is 1.27. The first-order chi connectivity index (χ1) is 15.2. The Morgan fingerprint density at radius 2 is 1.68 bits per heavy atom. The number of nitrogens with one attached hydrogen (secondary N) is 1. The van der Waals surface area contributed by atoms with Crippen molar-refractivity contribution in [1.82, 2.24) is 19.5 Å². The number of fused-ring (bicyclic) bond motifs is 1. The van der Waals surface area contributed by atoms with E-state index in [1.165, 1.54) is 6.33 Å². The average Bonchev–Trinajstić information content (AvgIpc) is 3.35. The summed E-state index contributed by atoms with van der Waals surface area (Å²) in [4.78, 5) is 25.4. The van der Waals surface area contributed by atoms with Crippen molar-refractivity contribution >= 4 is 22.5 Å². The number of amides is 1. The van der Waals surface area contributed by atoms with Crippen LogP contribution in [0.2, 0.25) is 0 Å². The van der Waals surface area contributed by atoms with E-state index in [0.717, 1.165) is 10.9 Å². The third kappa shape index (κ3) is 4.11. The van der Waals surface area contributed by atoms with Crippen molar-refractivity contribution in [3.63, 3.8) is 0 Å². The molecule has 0 aliphatic heterocycles. The van der Waals surface area contributed by atoms with Gasteiger partial charge in [-0.05, 0) is 48.5 Å². The molecule has 31 heavy (non-hydrogen) atoms. The molecule has 0 fully saturated rings. The van der Waals surface area contributed by atoms with Gasteiger partial charge in [-0.2, -0.15) is 0 Å². The van der Waals surface area contributed by atoms with Gasteiger partial charge in [0.25, 0.3) is 5.91 Å². The van der Waals surface area contributed by atoms with Crippen LogP contribution in [0.5, 0.6) is 11.6 Å². The Hall–Kier alpha value is -4.52. The first-order valence-corrected chi connectivity index (χ1v) is 9.65. The highest BCUT2D eigenvalue weighted by Gasteiger charge is 2.09. The largest absolute Gasteiger partial charge is 0.439 e. The fraction of sp³-hybridized carbons (Fsp3) is 0. The summed E-state index contributed by atoms with van der Waals surface area (Å²) < 4.78 is 7.69. The molecule has 0 aliphatic carbocycles. The maximum absolute atomic E-state index is 12.6. The minimum Gasteiger partial charge on any atom is -0.439 e. The SMILES string of the molecule is O=C(Nc1ccc(Oc2cc(-n3cccc3)ncn2)cc1)c1ccc2ccccc2n1. The lowest BCUT2D eigenvalue weighted by atomic mass is 10.2. The Bertz CT molecular complexity index is 1350. The van der Waals surface area contributed by atoms with Crippen LogP contribution in [0.1, 0.15) is 10.5 Å². The Morgan fingerprint density at radius 1 is 0.871 bits per heavy atom. The second kappa shape index (κ2) is 8.08. The molecule has 5 aromatic rings. The molecule has 0 bridgehead atoms. The van der Waals surface area contributed by atoms with Gasteiger partial charge in [0.05, 0.1) is 5.52 Å². The summed E-state index contributed by atoms with van der Waals surface area (Å²) in [5.74, 6) is 1.46. The van der Waals surface area contributed by atoms with Gasteiger partial charge >= 0.3 is 0 Å². The summed E-state index contributed by atoms with van der Waals surface area (Å²) >= 11 is 0. The second-order valence-corrected chi connectivity index (χ2v) is 6.77. The molecule has 150 valence electrons. The zero-order valence-corrected chi connectivity index (χ0v) is 16.3. The summed E-state index contributed by atoms with van der Waals surface area (Å²) in [6, 6.07) is 23.9. The van der Waals surface area contributed by atoms with Crippen LogP contribution in [0.25, 0.3) is 16.7 Å². The highest BCUT2D eigenvalue weighted by atomic mass is 16.5. The van der Waals surface area contributed by atoms with Crippen LogP contribution < -0.4 is 10.1 Å². The minimum absolute atomic E-state index is 0.272. The highest BCUT2D eigenvalue weighted by molar-refractivity contribution is 6.04. The molecular weight excluding hydrogens is 390 g/mol. The van der Waals surface area contributed by atoms with Crippen LogP contribution in [0, 0.1) is 0 Å². The third-order valence-corrected chi connectivity index (χ3v) is 4.66. The molecule has 0 saturated carbocycles. The molecule has 0 saturated heterocycles. The van der Waals surface area contributed by atoms with Gasteiger partial charge in [-0.1, -0.05) is 24.3 Å². The predicted molar refractivity (Wildman–Crippen MR) is 118 cm³/mol. The molecule has 0 atom stereocenters. The summed E-state index contributed by atoms with van der Waals surface area (Å²) in [7, 11) is 0. The number of nitrogens with zero attached hydrogens (tertiary/aromatic N) is 4. The van der Waals surface area contributed by atoms with Gasteiger partial charge in [-0.3, -0.25) is 4.79 Å². The molecule has 0 unspecified atom stereocenters. The molecule has 7 heteroatoms. The molecule has 1 amide bonds. The first kappa shape index (κ1) is 18.5. The van der Waals surface area contributed by atoms with E-state index in [4.69, 9.17) is 4.74 Å². The molecule has 7 nitrogen and oxygen atoms in total. The molecular formula is C24H17N5O2. The molecule has 5 rings (SSSR count). The topological polar surface area (TPSA) is 81.9 Å². The number of ether oxygens (including phenoxy) is 1. The zero-order valence-electron chi connectivity index (χ0n) is 16.3. The van der Waals surface area contributed by atoms with Crippen molar-refractivity contribution in [2.24, 2.45) is 0 Å². The lowest BCUT2D eigenvalue weighted by Crippen LogP contribution is -2.13. The fourth-order valence-corrected chi connectivity index (χ4v) is 3.13. The second-order valence-electron chi connectivity index (χ2n) is 6.77. The molecule has 0 aliphatic rings. The van der Waals surface area contributed by atoms with Crippen LogP contribution in [-0.4, -0.2) is 25.4 Å². The smallest absolute Gasteiger partial charge is 0.274 e. The Labute approximate surface area is 178 Å². The van der Waals surface area contributed by atoms with Crippen LogP contribution >= 0.6 is 0 Å². The molecule has 0 radical (unpaired) electrons. The van der Waals surface area contributed by atoms with E-state index in [-0.39, 0.29) is 5.91 Å². The molecule has 0 spiro atoms. The number of benzene rings is 2. The molecule has 1 N–H and O–H groups in total. The van der Waals surface area contributed by atoms with Gasteiger partial charge in [0, 0.05) is 29.5 Å². The monoisotopic (exact) mass is 407 g/mol. The summed E-state index contributed by atoms with van der Waals surface area (Å²) in [5.41, 5.74) is 1.78. The first-order valence-electron chi connectivity index (χ1n) is 9.65. The number of pyridine rings is 1. The number of rotatable bonds is 5. The van der Waals surface area contributed by atoms with E-state index < -0.39 is 0 Å². The Kier molecular flexibility index (Phi) is 4.82. The number of hydrogen-bond acceptors (Lipinski definition) is 5. The van der Waals surface area contributed by atoms with E-state index >= 15 is 0 Å². The molecule has 3 heterocycles. The summed E-state index contributed by atoms with van der Waals surface area (Å²) in [5, 5.41) is 3.85. The summed E-state index contributed by atoms with van der Waals surface area (Å²) in [6.07, 6.45) is 5.25. The molecule has 3 aromatic heterocycles. The van der Waals surface area contributed by atoms with Crippen LogP contribution in [-0.2, 0) is 0 Å². The minimum atomic E-state index is -0.272. The number of anilines is 1. The van der Waals surface area contributed by atoms with Crippen molar-refractivity contribution in [1.29, 1.82) is 0 Å². The van der Waals surface area contributed by atoms with Gasteiger partial charge in [0.15, 0.2) is 0 Å². The standard InChI is InChI=1S/C24H17N5O2/c30-24(21-12-7-17-5-1-2-6-20(17)28-21)27-18-8-10-19(11-9-18)31-23-15-22(25-16-26-23)29-13-3-4-14-29/h1-16H,(H,27,30). The van der Waals surface area contributed by atoms with Crippen molar-refractivity contribution < 1.29 is 9.53 Å². The molecule has 2 aromatic carbocycles. The lowest BCUT2D eigenvalue weighted by Gasteiger charge is -2.09. The Morgan fingerprint density at radius 3 is 2.52 bits per heavy atom. The van der Waals surface area contributed by atoms with Gasteiger partial charge in [-0.25, -0.2) is 15.0 Å². The summed E-state index contributed by atoms with van der Waals surface area (Å²) in [6.45, 7) is 0. The highest BCUT2D eigenvalue weighted by Crippen LogP contribution is 2.23. The van der Waals surface area contributed by atoms with Crippen molar-refractivity contribution in [2.45, 2.75) is 0 Å². The average molecular weight is 407 g/mol. The quantitative estimate of drug-likeness (QED) is 0.450. The van der Waals surface area contributed by atoms with Gasteiger partial charge in [0.2, 0.25) is 5.88 Å². The van der Waals surface area contributed by atoms with Gasteiger partial charge in [-0.15, -0.1) is 0 Å². The van der Waals surface area contributed by atoms with Crippen LogP contribution in [0.15, 0.2) is 97.6 Å². The lowest BCUT2D eigenvalue weighted by molar-refractivity contribution is 0.102. The van der Waals surface area contributed by atoms with Gasteiger partial charge < -0.3 is 14.6 Å². The van der Waals surface area contributed by atoms with Gasteiger partial charge in [0.1, 0.15) is 23.6 Å². The maximum Gasteiger partial charge on any atom is 0.274 e. The van der Waals surface area contributed by atoms with E-state index in [0.29, 0.717) is 28.8 Å². The van der Waals surface area contributed by atoms with E-state index in [2.05, 4.69) is 20.3 Å². The van der Waals surface area contributed by atoms with Crippen molar-refractivity contribution in [2.75, 3.05) is 5.32 Å². The van der Waals surface area contributed by atoms with E-state index in [9.17, 15) is 4.79 Å². The van der Waals surface area contributed by atoms with E-state index in [1.807, 2.05) is 59.4 Å². The van der Waals surface area contributed by atoms with Crippen molar-refractivity contribution in [3.05, 3.63) is 103 Å². The number of para-hydroxylation sites is 1. The van der Waals surface area contributed by atoms with Crippen molar-refractivity contribution in [3.8, 4) is 17.4 Å². The fourth-order valence-electron chi connectivity index (χ4n) is 3.13. The maximum atomic E-state index is 12.6. The van der Waals surface area contributed by atoms with Crippen LogP contribution in [0.4, 0.5) is 5.69 Å². The normalized spacial score (nSPS) is 10.7.